The van der Waals surface area contributed by atoms with Crippen molar-refractivity contribution in [3.05, 3.63) is 24.3 Å². The van der Waals surface area contributed by atoms with Gasteiger partial charge in [0.2, 0.25) is 15.9 Å². The second-order valence-electron chi connectivity index (χ2n) is 10.9. The number of rotatable bonds is 7. The number of alkyl halides is 3. The number of nitrogens with zero attached hydrogens (tertiary/aromatic N) is 2. The van der Waals surface area contributed by atoms with Crippen molar-refractivity contribution in [1.82, 2.24) is 14.9 Å². The van der Waals surface area contributed by atoms with Crippen LogP contribution >= 0.6 is 0 Å². The Morgan fingerprint density at radius 3 is 2.56 bits per heavy atom. The van der Waals surface area contributed by atoms with Crippen LogP contribution in [0.2, 0.25) is 0 Å². The molecule has 1 aromatic carbocycles. The highest BCUT2D eigenvalue weighted by Gasteiger charge is 2.58. The lowest BCUT2D eigenvalue weighted by Crippen LogP contribution is -2.69. The fraction of sp³-hybridized carbons (Fsp3) is 0.667. The van der Waals surface area contributed by atoms with Gasteiger partial charge in [0.05, 0.1) is 17.5 Å². The summed E-state index contributed by atoms with van der Waals surface area (Å²) < 4.78 is 71.2. The van der Waals surface area contributed by atoms with Gasteiger partial charge < -0.3 is 15.0 Å². The van der Waals surface area contributed by atoms with Crippen LogP contribution < -0.4 is 14.8 Å². The normalized spacial score (nSPS) is 33.5. The van der Waals surface area contributed by atoms with E-state index >= 15 is 0 Å². The smallest absolute Gasteiger partial charge is 0.406 e. The van der Waals surface area contributed by atoms with Crippen molar-refractivity contribution in [3.63, 3.8) is 0 Å². The molecular formula is C24H29F3N4O4S. The number of nitrogens with one attached hydrogen (secondary N) is 2. The van der Waals surface area contributed by atoms with Gasteiger partial charge >= 0.3 is 6.36 Å². The minimum Gasteiger partial charge on any atom is -0.406 e. The second-order valence-corrected chi connectivity index (χ2v) is 12.6. The molecule has 3 atom stereocenters. The van der Waals surface area contributed by atoms with Gasteiger partial charge in [0.15, 0.2) is 0 Å². The van der Waals surface area contributed by atoms with E-state index in [1.165, 1.54) is 12.1 Å². The van der Waals surface area contributed by atoms with Crippen molar-refractivity contribution in [3.8, 4) is 11.8 Å². The van der Waals surface area contributed by atoms with Gasteiger partial charge in [0.25, 0.3) is 0 Å². The zero-order valence-electron chi connectivity index (χ0n) is 19.7. The Morgan fingerprint density at radius 2 is 1.89 bits per heavy atom. The number of nitriles is 1. The molecule has 1 heterocycles. The monoisotopic (exact) mass is 526 g/mol. The molecule has 1 aliphatic heterocycles. The first-order valence-corrected chi connectivity index (χ1v) is 13.7. The molecule has 1 saturated heterocycles. The van der Waals surface area contributed by atoms with E-state index in [1.807, 2.05) is 0 Å². The van der Waals surface area contributed by atoms with E-state index in [1.54, 1.807) is 4.90 Å². The SMILES string of the molecule is N#C[C@@H]1CCCN1C(=O)CNC12CC3CC(C1)CC(NS(=O)(=O)c1cccc(OC(F)(F)F)c1)(C3)C2. The van der Waals surface area contributed by atoms with Crippen LogP contribution in [-0.4, -0.2) is 55.8 Å². The highest BCUT2D eigenvalue weighted by molar-refractivity contribution is 7.89. The maximum absolute atomic E-state index is 13.3. The number of benzene rings is 1. The van der Waals surface area contributed by atoms with E-state index in [0.29, 0.717) is 32.2 Å². The van der Waals surface area contributed by atoms with E-state index in [2.05, 4.69) is 20.8 Å². The first kappa shape index (κ1) is 25.3. The highest BCUT2D eigenvalue weighted by Crippen LogP contribution is 2.57. The van der Waals surface area contributed by atoms with Crippen molar-refractivity contribution in [1.29, 1.82) is 5.26 Å². The lowest BCUT2D eigenvalue weighted by Gasteiger charge is -2.62. The maximum atomic E-state index is 13.3. The maximum Gasteiger partial charge on any atom is 0.573 e. The zero-order chi connectivity index (χ0) is 25.8. The summed E-state index contributed by atoms with van der Waals surface area (Å²) in [5.41, 5.74) is -1.13. The third-order valence-electron chi connectivity index (χ3n) is 8.10. The summed E-state index contributed by atoms with van der Waals surface area (Å²) in [6.07, 6.45) is 1.06. The third kappa shape index (κ3) is 5.06. The van der Waals surface area contributed by atoms with Gasteiger partial charge in [-0.05, 0) is 75.3 Å². The summed E-state index contributed by atoms with van der Waals surface area (Å²) in [5.74, 6) is -0.138. The fourth-order valence-corrected chi connectivity index (χ4v) is 8.79. The van der Waals surface area contributed by atoms with Crippen LogP contribution in [0.25, 0.3) is 0 Å². The Bertz CT molecular complexity index is 1170. The molecule has 2 unspecified atom stereocenters. The predicted octanol–water partition coefficient (Wildman–Crippen LogP) is 3.06. The van der Waals surface area contributed by atoms with Crippen LogP contribution in [0.5, 0.6) is 5.75 Å². The van der Waals surface area contributed by atoms with Crippen LogP contribution in [-0.2, 0) is 14.8 Å². The molecule has 8 nitrogen and oxygen atoms in total. The molecule has 2 N–H and O–H groups in total. The molecule has 6 rings (SSSR count). The largest absolute Gasteiger partial charge is 0.573 e. The molecule has 36 heavy (non-hydrogen) atoms. The average molecular weight is 527 g/mol. The molecule has 4 bridgehead atoms. The lowest BCUT2D eigenvalue weighted by atomic mass is 9.50. The van der Waals surface area contributed by atoms with E-state index in [-0.39, 0.29) is 29.2 Å². The van der Waals surface area contributed by atoms with Crippen LogP contribution in [0, 0.1) is 23.2 Å². The summed E-state index contributed by atoms with van der Waals surface area (Å²) in [4.78, 5) is 14.2. The molecule has 1 amide bonds. The number of carbonyl (C=O) groups is 1. The Morgan fingerprint density at radius 1 is 1.19 bits per heavy atom. The predicted molar refractivity (Wildman–Crippen MR) is 122 cm³/mol. The quantitative estimate of drug-likeness (QED) is 0.565. The molecule has 0 spiro atoms. The van der Waals surface area contributed by atoms with Crippen molar-refractivity contribution in [2.45, 2.75) is 79.7 Å². The standard InChI is InChI=1S/C24H29F3N4O4S/c25-24(26,27)35-19-4-1-5-20(8-19)36(33,34)30-23-11-16-7-17(12-23)10-22(9-16,15-23)29-14-21(32)31-6-2-3-18(31)13-28/h1,4-5,8,16-18,29-30H,2-3,6-7,9-12,14-15H2/t16?,17?,18-,22?,23?/m0/s1. The van der Waals surface area contributed by atoms with Crippen molar-refractivity contribution < 1.29 is 31.1 Å². The lowest BCUT2D eigenvalue weighted by molar-refractivity contribution is -0.274. The number of ether oxygens (including phenoxy) is 1. The van der Waals surface area contributed by atoms with Crippen LogP contribution in [0.3, 0.4) is 0 Å². The molecule has 196 valence electrons. The van der Waals surface area contributed by atoms with Gasteiger partial charge in [-0.3, -0.25) is 4.79 Å². The fourth-order valence-electron chi connectivity index (χ4n) is 7.34. The number of sulfonamides is 1. The first-order chi connectivity index (χ1) is 16.9. The van der Waals surface area contributed by atoms with E-state index in [4.69, 9.17) is 0 Å². The zero-order valence-corrected chi connectivity index (χ0v) is 20.5. The molecule has 0 aromatic heterocycles. The topological polar surface area (TPSA) is 112 Å². The van der Waals surface area contributed by atoms with Gasteiger partial charge in [-0.1, -0.05) is 6.07 Å². The van der Waals surface area contributed by atoms with Gasteiger partial charge in [-0.25, -0.2) is 13.1 Å². The van der Waals surface area contributed by atoms with Gasteiger partial charge in [-0.15, -0.1) is 13.2 Å². The summed E-state index contributed by atoms with van der Waals surface area (Å²) in [6, 6.07) is 6.19. The number of hydrogen-bond acceptors (Lipinski definition) is 6. The summed E-state index contributed by atoms with van der Waals surface area (Å²) >= 11 is 0. The molecule has 5 aliphatic rings. The number of carbonyl (C=O) groups excluding carboxylic acids is 1. The summed E-state index contributed by atoms with van der Waals surface area (Å²) in [7, 11) is -4.12. The average Bonchev–Trinajstić information content (AvgIpc) is 3.24. The molecule has 4 saturated carbocycles. The Balaban J connectivity index is 1.32. The Kier molecular flexibility index (Phi) is 6.24. The molecule has 5 fully saturated rings. The first-order valence-electron chi connectivity index (χ1n) is 12.2. The number of likely N-dealkylation sites (tertiary alicyclic amines) is 1. The van der Waals surface area contributed by atoms with Crippen LogP contribution in [0.4, 0.5) is 13.2 Å². The Hall–Kier alpha value is -2.36. The molecule has 1 aromatic rings. The number of halogens is 3. The minimum atomic E-state index is -4.92. The third-order valence-corrected chi connectivity index (χ3v) is 9.67. The van der Waals surface area contributed by atoms with E-state index < -0.39 is 39.3 Å². The summed E-state index contributed by atoms with van der Waals surface area (Å²) in [6.45, 7) is 0.662. The molecule has 12 heteroatoms. The molecular weight excluding hydrogens is 497 g/mol. The van der Waals surface area contributed by atoms with Crippen LogP contribution in [0.1, 0.15) is 51.4 Å². The second kappa shape index (κ2) is 8.89. The summed E-state index contributed by atoms with van der Waals surface area (Å²) in [5, 5.41) is 12.8. The van der Waals surface area contributed by atoms with E-state index in [0.717, 1.165) is 37.8 Å². The highest BCUT2D eigenvalue weighted by atomic mass is 32.2. The Labute approximate surface area is 208 Å². The van der Waals surface area contributed by atoms with E-state index in [9.17, 15) is 31.6 Å². The number of hydrogen-bond donors (Lipinski definition) is 2. The van der Waals surface area contributed by atoms with Gasteiger partial charge in [0, 0.05) is 23.7 Å². The molecule has 4 aliphatic carbocycles. The number of amides is 1. The van der Waals surface area contributed by atoms with Gasteiger partial charge in [0.1, 0.15) is 11.8 Å². The van der Waals surface area contributed by atoms with Crippen molar-refractivity contribution in [2.75, 3.05) is 13.1 Å². The van der Waals surface area contributed by atoms with Crippen LogP contribution in [0.15, 0.2) is 29.2 Å². The van der Waals surface area contributed by atoms with Crippen molar-refractivity contribution >= 4 is 15.9 Å². The molecule has 0 radical (unpaired) electrons. The van der Waals surface area contributed by atoms with Crippen molar-refractivity contribution in [2.24, 2.45) is 11.8 Å². The minimum absolute atomic E-state index is 0.0945. The van der Waals surface area contributed by atoms with Gasteiger partial charge in [-0.2, -0.15) is 5.26 Å².